The SMILES string of the molecule is CC(C)CC(NC(=O)C(CC(=O)OCc1ccccc1)Cc1ccccc1)C(=O)CCCCCC(=N)N. The highest BCUT2D eigenvalue weighted by Gasteiger charge is 2.28. The summed E-state index contributed by atoms with van der Waals surface area (Å²) in [5.74, 6) is -1.04. The number of hydrogen-bond donors (Lipinski definition) is 3. The number of carbonyl (C=O) groups excluding carboxylic acids is 3. The molecule has 2 aromatic carbocycles. The van der Waals surface area contributed by atoms with Crippen LogP contribution in [-0.4, -0.2) is 29.5 Å². The number of ether oxygens (including phenoxy) is 1. The van der Waals surface area contributed by atoms with E-state index in [1.165, 1.54) is 0 Å². The first kappa shape index (κ1) is 29.7. The summed E-state index contributed by atoms with van der Waals surface area (Å²) in [6.07, 6.45) is 4.00. The summed E-state index contributed by atoms with van der Waals surface area (Å²) in [4.78, 5) is 39.1. The average molecular weight is 508 g/mol. The second kappa shape index (κ2) is 16.3. The molecule has 0 fully saturated rings. The van der Waals surface area contributed by atoms with Gasteiger partial charge in [0.1, 0.15) is 6.61 Å². The van der Waals surface area contributed by atoms with Crippen LogP contribution in [0.1, 0.15) is 69.9 Å². The lowest BCUT2D eigenvalue weighted by Crippen LogP contribution is -2.45. The predicted molar refractivity (Wildman–Crippen MR) is 146 cm³/mol. The van der Waals surface area contributed by atoms with Crippen LogP contribution in [0.15, 0.2) is 60.7 Å². The molecule has 37 heavy (non-hydrogen) atoms. The topological polar surface area (TPSA) is 122 Å². The lowest BCUT2D eigenvalue weighted by molar-refractivity contribution is -0.148. The van der Waals surface area contributed by atoms with Crippen molar-refractivity contribution in [3.8, 4) is 0 Å². The van der Waals surface area contributed by atoms with Crippen molar-refractivity contribution in [3.63, 3.8) is 0 Å². The number of esters is 1. The van der Waals surface area contributed by atoms with E-state index in [0.29, 0.717) is 32.1 Å². The number of nitrogens with two attached hydrogens (primary N) is 1. The highest BCUT2D eigenvalue weighted by molar-refractivity contribution is 5.91. The minimum absolute atomic E-state index is 0.00464. The van der Waals surface area contributed by atoms with Crippen LogP contribution in [-0.2, 0) is 32.1 Å². The average Bonchev–Trinajstić information content (AvgIpc) is 2.87. The second-order valence-corrected chi connectivity index (χ2v) is 9.98. The van der Waals surface area contributed by atoms with Crippen LogP contribution in [0.2, 0.25) is 0 Å². The second-order valence-electron chi connectivity index (χ2n) is 9.98. The fourth-order valence-electron chi connectivity index (χ4n) is 4.15. The molecule has 0 radical (unpaired) electrons. The van der Waals surface area contributed by atoms with Gasteiger partial charge >= 0.3 is 5.97 Å². The third-order valence-corrected chi connectivity index (χ3v) is 6.13. The fourth-order valence-corrected chi connectivity index (χ4v) is 4.15. The van der Waals surface area contributed by atoms with Gasteiger partial charge in [0.25, 0.3) is 0 Å². The van der Waals surface area contributed by atoms with E-state index in [9.17, 15) is 14.4 Å². The van der Waals surface area contributed by atoms with Crippen LogP contribution >= 0.6 is 0 Å². The molecule has 0 saturated carbocycles. The molecule has 0 bridgehead atoms. The van der Waals surface area contributed by atoms with Crippen molar-refractivity contribution in [2.75, 3.05) is 0 Å². The van der Waals surface area contributed by atoms with Crippen molar-refractivity contribution in [2.45, 2.75) is 77.9 Å². The van der Waals surface area contributed by atoms with Crippen molar-refractivity contribution in [3.05, 3.63) is 71.8 Å². The molecule has 2 unspecified atom stereocenters. The Morgan fingerprint density at radius 2 is 1.49 bits per heavy atom. The van der Waals surface area contributed by atoms with Crippen LogP contribution < -0.4 is 11.1 Å². The first-order valence-electron chi connectivity index (χ1n) is 13.1. The van der Waals surface area contributed by atoms with Crippen LogP contribution in [0.5, 0.6) is 0 Å². The Hall–Kier alpha value is -3.48. The Morgan fingerprint density at radius 1 is 0.892 bits per heavy atom. The standard InChI is InChI=1S/C30H41N3O4/c1-22(2)18-26(27(34)16-10-5-11-17-28(31)32)33-30(36)25(19-23-12-6-3-7-13-23)20-29(35)37-21-24-14-8-4-9-15-24/h3-4,6-9,12-15,22,25-26H,5,10-11,16-21H2,1-2H3,(H3,31,32)(H,33,36). The molecule has 0 saturated heterocycles. The van der Waals surface area contributed by atoms with Gasteiger partial charge in [-0.2, -0.15) is 0 Å². The summed E-state index contributed by atoms with van der Waals surface area (Å²) >= 11 is 0. The number of amidine groups is 1. The zero-order valence-corrected chi connectivity index (χ0v) is 22.1. The molecule has 2 atom stereocenters. The minimum Gasteiger partial charge on any atom is -0.461 e. The molecule has 0 heterocycles. The van der Waals surface area contributed by atoms with Gasteiger partial charge in [-0.15, -0.1) is 0 Å². The maximum absolute atomic E-state index is 13.4. The van der Waals surface area contributed by atoms with E-state index in [-0.39, 0.29) is 36.5 Å². The molecule has 0 aliphatic carbocycles. The molecule has 0 spiro atoms. The lowest BCUT2D eigenvalue weighted by atomic mass is 9.92. The Balaban J connectivity index is 2.03. The molecule has 2 aromatic rings. The quantitative estimate of drug-likeness (QED) is 0.121. The monoisotopic (exact) mass is 507 g/mol. The summed E-state index contributed by atoms with van der Waals surface area (Å²) in [7, 11) is 0. The fraction of sp³-hybridized carbons (Fsp3) is 0.467. The highest BCUT2D eigenvalue weighted by Crippen LogP contribution is 2.17. The van der Waals surface area contributed by atoms with Crippen LogP contribution in [0.25, 0.3) is 0 Å². The number of carbonyl (C=O) groups is 3. The van der Waals surface area contributed by atoms with Gasteiger partial charge in [0.15, 0.2) is 5.78 Å². The first-order valence-corrected chi connectivity index (χ1v) is 13.1. The van der Waals surface area contributed by atoms with Crippen molar-refractivity contribution >= 4 is 23.5 Å². The third-order valence-electron chi connectivity index (χ3n) is 6.13. The molecule has 4 N–H and O–H groups in total. The normalized spacial score (nSPS) is 12.5. The Morgan fingerprint density at radius 3 is 2.08 bits per heavy atom. The number of amides is 1. The Kier molecular flexibility index (Phi) is 13.1. The zero-order chi connectivity index (χ0) is 27.0. The number of unbranched alkanes of at least 4 members (excludes halogenated alkanes) is 2. The molecule has 1 amide bonds. The molecule has 7 heteroatoms. The molecule has 0 aliphatic rings. The van der Waals surface area contributed by atoms with E-state index in [1.54, 1.807) is 0 Å². The van der Waals surface area contributed by atoms with E-state index in [1.807, 2.05) is 74.5 Å². The van der Waals surface area contributed by atoms with Gasteiger partial charge in [-0.3, -0.25) is 19.8 Å². The first-order chi connectivity index (χ1) is 17.7. The van der Waals surface area contributed by atoms with Crippen LogP contribution in [0.3, 0.4) is 0 Å². The van der Waals surface area contributed by atoms with Crippen molar-refractivity contribution < 1.29 is 19.1 Å². The van der Waals surface area contributed by atoms with Crippen molar-refractivity contribution in [1.82, 2.24) is 5.32 Å². The van der Waals surface area contributed by atoms with Gasteiger partial charge < -0.3 is 15.8 Å². The van der Waals surface area contributed by atoms with E-state index >= 15 is 0 Å². The highest BCUT2D eigenvalue weighted by atomic mass is 16.5. The van der Waals surface area contributed by atoms with Gasteiger partial charge in [-0.25, -0.2) is 0 Å². The summed E-state index contributed by atoms with van der Waals surface area (Å²) in [5.41, 5.74) is 7.22. The molecule has 0 aliphatic heterocycles. The number of ketones is 1. The van der Waals surface area contributed by atoms with Gasteiger partial charge in [-0.1, -0.05) is 80.9 Å². The van der Waals surface area contributed by atoms with Gasteiger partial charge in [-0.05, 0) is 42.7 Å². The zero-order valence-electron chi connectivity index (χ0n) is 22.1. The van der Waals surface area contributed by atoms with Crippen molar-refractivity contribution in [1.29, 1.82) is 5.41 Å². The van der Waals surface area contributed by atoms with E-state index in [0.717, 1.165) is 24.0 Å². The number of Topliss-reactive ketones (excluding diaryl/α,β-unsaturated/α-hetero) is 1. The summed E-state index contributed by atoms with van der Waals surface area (Å²) in [6.45, 7) is 4.18. The van der Waals surface area contributed by atoms with E-state index in [2.05, 4.69) is 5.32 Å². The molecule has 200 valence electrons. The van der Waals surface area contributed by atoms with E-state index in [4.69, 9.17) is 15.9 Å². The van der Waals surface area contributed by atoms with Crippen molar-refractivity contribution in [2.24, 2.45) is 17.6 Å². The Labute approximate surface area is 220 Å². The lowest BCUT2D eigenvalue weighted by Gasteiger charge is -2.23. The van der Waals surface area contributed by atoms with E-state index < -0.39 is 17.9 Å². The number of nitrogens with one attached hydrogen (secondary N) is 2. The van der Waals surface area contributed by atoms with Gasteiger partial charge in [0.05, 0.1) is 24.2 Å². The van der Waals surface area contributed by atoms with Crippen LogP contribution in [0.4, 0.5) is 0 Å². The van der Waals surface area contributed by atoms with Crippen LogP contribution in [0, 0.1) is 17.2 Å². The summed E-state index contributed by atoms with van der Waals surface area (Å²) < 4.78 is 5.45. The number of hydrogen-bond acceptors (Lipinski definition) is 5. The maximum Gasteiger partial charge on any atom is 0.306 e. The summed E-state index contributed by atoms with van der Waals surface area (Å²) in [6, 6.07) is 18.4. The molecule has 7 nitrogen and oxygen atoms in total. The molecular weight excluding hydrogens is 466 g/mol. The number of benzene rings is 2. The molecule has 2 rings (SSSR count). The number of rotatable bonds is 17. The molecule has 0 aromatic heterocycles. The smallest absolute Gasteiger partial charge is 0.306 e. The maximum atomic E-state index is 13.4. The summed E-state index contributed by atoms with van der Waals surface area (Å²) in [5, 5.41) is 10.3. The Bertz CT molecular complexity index is 992. The third kappa shape index (κ3) is 12.4. The van der Waals surface area contributed by atoms with Gasteiger partial charge in [0, 0.05) is 12.8 Å². The largest absolute Gasteiger partial charge is 0.461 e. The minimum atomic E-state index is -0.649. The van der Waals surface area contributed by atoms with Gasteiger partial charge in [0.2, 0.25) is 5.91 Å². The predicted octanol–water partition coefficient (Wildman–Crippen LogP) is 4.97. The molecular formula is C30H41N3O4.